The molecular formula is C17H20ClNOS. The van der Waals surface area contributed by atoms with E-state index in [0.29, 0.717) is 23.5 Å². The highest BCUT2D eigenvalue weighted by atomic mass is 35.5. The Kier molecular flexibility index (Phi) is 4.84. The minimum Gasteiger partial charge on any atom is -0.506 e. The van der Waals surface area contributed by atoms with Gasteiger partial charge >= 0.3 is 0 Å². The first-order valence-electron chi connectivity index (χ1n) is 7.49. The number of rotatable bonds is 5. The number of hydrogen-bond donors (Lipinski definition) is 2. The average molecular weight is 322 g/mol. The standard InChI is InChI=1S/C17H20ClNOS/c18-14-8-3-7-13(17(14)20)11-19-16(12-5-1-2-6-12)15-9-4-10-21-15/h3-4,7-10,12,16,19-20H,1-2,5-6,11H2. The maximum absolute atomic E-state index is 10.0. The Bertz CT molecular complexity index is 578. The molecule has 0 saturated heterocycles. The summed E-state index contributed by atoms with van der Waals surface area (Å²) in [6, 6.07) is 10.2. The summed E-state index contributed by atoms with van der Waals surface area (Å²) in [6.45, 7) is 0.644. The van der Waals surface area contributed by atoms with E-state index >= 15 is 0 Å². The quantitative estimate of drug-likeness (QED) is 0.800. The molecule has 112 valence electrons. The zero-order valence-electron chi connectivity index (χ0n) is 11.9. The Balaban J connectivity index is 1.74. The lowest BCUT2D eigenvalue weighted by Gasteiger charge is -2.24. The van der Waals surface area contributed by atoms with Crippen LogP contribution in [0, 0.1) is 5.92 Å². The van der Waals surface area contributed by atoms with E-state index < -0.39 is 0 Å². The molecule has 1 aromatic carbocycles. The molecule has 4 heteroatoms. The van der Waals surface area contributed by atoms with Gasteiger partial charge in [0.2, 0.25) is 0 Å². The number of para-hydroxylation sites is 1. The summed E-state index contributed by atoms with van der Waals surface area (Å²) in [6.07, 6.45) is 5.24. The Morgan fingerprint density at radius 1 is 1.24 bits per heavy atom. The lowest BCUT2D eigenvalue weighted by atomic mass is 9.96. The summed E-state index contributed by atoms with van der Waals surface area (Å²) in [5.41, 5.74) is 0.863. The van der Waals surface area contributed by atoms with E-state index in [0.717, 1.165) is 5.56 Å². The van der Waals surface area contributed by atoms with Gasteiger partial charge in [-0.25, -0.2) is 0 Å². The summed E-state index contributed by atoms with van der Waals surface area (Å²) in [7, 11) is 0. The first-order valence-corrected chi connectivity index (χ1v) is 8.74. The van der Waals surface area contributed by atoms with Gasteiger partial charge in [0.1, 0.15) is 5.75 Å². The van der Waals surface area contributed by atoms with Crippen molar-refractivity contribution in [2.75, 3.05) is 0 Å². The van der Waals surface area contributed by atoms with Crippen molar-refractivity contribution in [1.29, 1.82) is 0 Å². The van der Waals surface area contributed by atoms with Crippen LogP contribution in [-0.4, -0.2) is 5.11 Å². The van der Waals surface area contributed by atoms with E-state index in [-0.39, 0.29) is 5.75 Å². The topological polar surface area (TPSA) is 32.3 Å². The second kappa shape index (κ2) is 6.82. The fourth-order valence-electron chi connectivity index (χ4n) is 3.18. The first kappa shape index (κ1) is 14.9. The van der Waals surface area contributed by atoms with Gasteiger partial charge in [-0.2, -0.15) is 0 Å². The van der Waals surface area contributed by atoms with Crippen LogP contribution in [0.25, 0.3) is 0 Å². The molecule has 1 saturated carbocycles. The van der Waals surface area contributed by atoms with Gasteiger partial charge < -0.3 is 10.4 Å². The smallest absolute Gasteiger partial charge is 0.138 e. The van der Waals surface area contributed by atoms with Crippen molar-refractivity contribution in [3.05, 3.63) is 51.2 Å². The number of aromatic hydroxyl groups is 1. The van der Waals surface area contributed by atoms with Crippen molar-refractivity contribution in [1.82, 2.24) is 5.32 Å². The third-order valence-corrected chi connectivity index (χ3v) is 5.56. The monoisotopic (exact) mass is 321 g/mol. The van der Waals surface area contributed by atoms with E-state index in [2.05, 4.69) is 22.8 Å². The molecule has 1 heterocycles. The number of phenolic OH excluding ortho intramolecular Hbond substituents is 1. The number of halogens is 1. The molecule has 2 aromatic rings. The average Bonchev–Trinajstić information content (AvgIpc) is 3.17. The third kappa shape index (κ3) is 3.42. The maximum Gasteiger partial charge on any atom is 0.138 e. The summed E-state index contributed by atoms with van der Waals surface area (Å²) in [5, 5.41) is 16.2. The summed E-state index contributed by atoms with van der Waals surface area (Å²) in [4.78, 5) is 1.39. The van der Waals surface area contributed by atoms with Gasteiger partial charge in [0, 0.05) is 23.0 Å². The Morgan fingerprint density at radius 2 is 2.05 bits per heavy atom. The molecule has 0 radical (unpaired) electrons. The zero-order chi connectivity index (χ0) is 14.7. The SMILES string of the molecule is Oc1c(Cl)cccc1CNC(c1cccs1)C1CCCC1. The molecule has 2 nitrogen and oxygen atoms in total. The summed E-state index contributed by atoms with van der Waals surface area (Å²) < 4.78 is 0. The van der Waals surface area contributed by atoms with Crippen LogP contribution in [0.3, 0.4) is 0 Å². The molecule has 0 amide bonds. The summed E-state index contributed by atoms with van der Waals surface area (Å²) in [5.74, 6) is 0.896. The molecule has 21 heavy (non-hydrogen) atoms. The molecule has 1 aliphatic rings. The third-order valence-electron chi connectivity index (χ3n) is 4.30. The highest BCUT2D eigenvalue weighted by Crippen LogP contribution is 2.38. The number of phenols is 1. The van der Waals surface area contributed by atoms with Gasteiger partial charge in [-0.1, -0.05) is 42.6 Å². The Labute approximate surface area is 134 Å². The predicted octanol–water partition coefficient (Wildman–Crippen LogP) is 5.13. The molecule has 1 aliphatic carbocycles. The minimum atomic E-state index is 0.197. The van der Waals surface area contributed by atoms with Crippen molar-refractivity contribution in [3.8, 4) is 5.75 Å². The Hall–Kier alpha value is -1.03. The molecule has 2 N–H and O–H groups in total. The van der Waals surface area contributed by atoms with Crippen molar-refractivity contribution < 1.29 is 5.11 Å². The van der Waals surface area contributed by atoms with Gasteiger partial charge in [0.25, 0.3) is 0 Å². The molecule has 1 fully saturated rings. The Morgan fingerprint density at radius 3 is 2.76 bits per heavy atom. The summed E-state index contributed by atoms with van der Waals surface area (Å²) >= 11 is 7.79. The first-order chi connectivity index (χ1) is 10.3. The second-order valence-electron chi connectivity index (χ2n) is 5.67. The van der Waals surface area contributed by atoms with Gasteiger partial charge in [-0.15, -0.1) is 11.3 Å². The van der Waals surface area contributed by atoms with E-state index in [1.807, 2.05) is 23.5 Å². The van der Waals surface area contributed by atoms with Crippen LogP contribution < -0.4 is 5.32 Å². The number of hydrogen-bond acceptors (Lipinski definition) is 3. The van der Waals surface area contributed by atoms with Gasteiger partial charge in [0.05, 0.1) is 5.02 Å². The van der Waals surface area contributed by atoms with Crippen LogP contribution in [0.5, 0.6) is 5.75 Å². The van der Waals surface area contributed by atoms with Crippen LogP contribution in [0.4, 0.5) is 0 Å². The molecule has 0 bridgehead atoms. The van der Waals surface area contributed by atoms with E-state index in [4.69, 9.17) is 11.6 Å². The van der Waals surface area contributed by atoms with E-state index in [1.165, 1.54) is 30.6 Å². The van der Waals surface area contributed by atoms with Crippen LogP contribution in [0.15, 0.2) is 35.7 Å². The van der Waals surface area contributed by atoms with E-state index in [9.17, 15) is 5.11 Å². The fraction of sp³-hybridized carbons (Fsp3) is 0.412. The fourth-order valence-corrected chi connectivity index (χ4v) is 4.27. The van der Waals surface area contributed by atoms with Gasteiger partial charge in [0.15, 0.2) is 0 Å². The number of thiophene rings is 1. The molecular weight excluding hydrogens is 302 g/mol. The van der Waals surface area contributed by atoms with Crippen molar-refractivity contribution in [2.24, 2.45) is 5.92 Å². The molecule has 0 spiro atoms. The molecule has 1 unspecified atom stereocenters. The lowest BCUT2D eigenvalue weighted by Crippen LogP contribution is -2.26. The predicted molar refractivity (Wildman–Crippen MR) is 89.0 cm³/mol. The van der Waals surface area contributed by atoms with Crippen molar-refractivity contribution in [2.45, 2.75) is 38.3 Å². The second-order valence-corrected chi connectivity index (χ2v) is 7.05. The van der Waals surface area contributed by atoms with Crippen LogP contribution in [0.2, 0.25) is 5.02 Å². The number of nitrogens with one attached hydrogen (secondary N) is 1. The van der Waals surface area contributed by atoms with Crippen LogP contribution in [0.1, 0.15) is 42.2 Å². The van der Waals surface area contributed by atoms with Gasteiger partial charge in [-0.3, -0.25) is 0 Å². The van der Waals surface area contributed by atoms with Crippen LogP contribution >= 0.6 is 22.9 Å². The highest BCUT2D eigenvalue weighted by molar-refractivity contribution is 7.10. The number of benzene rings is 1. The lowest BCUT2D eigenvalue weighted by molar-refractivity contribution is 0.367. The molecule has 3 rings (SSSR count). The zero-order valence-corrected chi connectivity index (χ0v) is 13.5. The largest absolute Gasteiger partial charge is 0.506 e. The molecule has 0 aliphatic heterocycles. The van der Waals surface area contributed by atoms with Gasteiger partial charge in [-0.05, 0) is 36.3 Å². The van der Waals surface area contributed by atoms with Crippen molar-refractivity contribution >= 4 is 22.9 Å². The minimum absolute atomic E-state index is 0.197. The normalized spacial score (nSPS) is 17.2. The molecule has 1 atom stereocenters. The maximum atomic E-state index is 10.0. The highest BCUT2D eigenvalue weighted by Gasteiger charge is 2.26. The van der Waals surface area contributed by atoms with E-state index in [1.54, 1.807) is 6.07 Å². The molecule has 1 aromatic heterocycles. The van der Waals surface area contributed by atoms with Crippen LogP contribution in [-0.2, 0) is 6.54 Å². The van der Waals surface area contributed by atoms with Crippen molar-refractivity contribution in [3.63, 3.8) is 0 Å².